The molecule has 1 aromatic heterocycles. The van der Waals surface area contributed by atoms with Crippen molar-refractivity contribution >= 4 is 45.4 Å². The summed E-state index contributed by atoms with van der Waals surface area (Å²) < 4.78 is 17.1. The molecule has 2 heterocycles. The molecule has 3 aromatic rings. The fourth-order valence-electron chi connectivity index (χ4n) is 3.02. The monoisotopic (exact) mass is 487 g/mol. The number of hydrogen-bond donors (Lipinski definition) is 0. The number of carbonyl (C=O) groups is 2. The minimum Gasteiger partial charge on any atom is -0.452 e. The van der Waals surface area contributed by atoms with Crippen LogP contribution in [0.25, 0.3) is 6.08 Å². The molecule has 8 heteroatoms. The van der Waals surface area contributed by atoms with Gasteiger partial charge in [-0.1, -0.05) is 50.9 Å². The van der Waals surface area contributed by atoms with E-state index in [1.165, 1.54) is 0 Å². The Morgan fingerprint density at radius 3 is 2.80 bits per heavy atom. The number of Topliss-reactive ketones (excluding diaryl/α,β-unsaturated/α-hetero) is 1. The minimum atomic E-state index is -0.445. The Kier molecular flexibility index (Phi) is 5.74. The Hall–Kier alpha value is -2.90. The van der Waals surface area contributed by atoms with Gasteiger partial charge in [0.2, 0.25) is 5.78 Å². The van der Waals surface area contributed by atoms with E-state index in [1.807, 2.05) is 24.3 Å². The van der Waals surface area contributed by atoms with Gasteiger partial charge < -0.3 is 14.0 Å². The number of benzene rings is 2. The third-order valence-corrected chi connectivity index (χ3v) is 5.46. The number of fused-ring (bicyclic) bond motifs is 1. The van der Waals surface area contributed by atoms with Gasteiger partial charge in [0, 0.05) is 22.5 Å². The van der Waals surface area contributed by atoms with E-state index in [4.69, 9.17) is 25.6 Å². The summed E-state index contributed by atoms with van der Waals surface area (Å²) >= 11 is 9.15. The molecule has 4 rings (SSSR count). The molecule has 0 N–H and O–H groups in total. The van der Waals surface area contributed by atoms with Crippen LogP contribution in [-0.2, 0) is 11.2 Å². The SMILES string of the molecule is Cc1c(OC(=O)CCc2cc(Cl)no2)ccc2c1O/C(=C\c1ccccc1Br)C2=O. The minimum absolute atomic E-state index is 0.0923. The van der Waals surface area contributed by atoms with Crippen molar-refractivity contribution in [1.29, 1.82) is 0 Å². The molecule has 152 valence electrons. The first-order valence-corrected chi connectivity index (χ1v) is 10.2. The van der Waals surface area contributed by atoms with Crippen LogP contribution >= 0.6 is 27.5 Å². The van der Waals surface area contributed by atoms with Crippen LogP contribution in [0.4, 0.5) is 0 Å². The van der Waals surface area contributed by atoms with E-state index >= 15 is 0 Å². The Bertz CT molecular complexity index is 1180. The molecular weight excluding hydrogens is 474 g/mol. The summed E-state index contributed by atoms with van der Waals surface area (Å²) in [6.45, 7) is 1.74. The van der Waals surface area contributed by atoms with Gasteiger partial charge in [-0.05, 0) is 36.8 Å². The van der Waals surface area contributed by atoms with Gasteiger partial charge in [-0.25, -0.2) is 0 Å². The predicted octanol–water partition coefficient (Wildman–Crippen LogP) is 5.55. The van der Waals surface area contributed by atoms with Crippen LogP contribution in [0.5, 0.6) is 11.5 Å². The smallest absolute Gasteiger partial charge is 0.311 e. The number of esters is 1. The van der Waals surface area contributed by atoms with Gasteiger partial charge in [-0.3, -0.25) is 9.59 Å². The second-order valence-electron chi connectivity index (χ2n) is 6.62. The highest BCUT2D eigenvalue weighted by atomic mass is 79.9. The Morgan fingerprint density at radius 1 is 1.27 bits per heavy atom. The maximum absolute atomic E-state index is 12.7. The number of halogens is 2. The first-order valence-electron chi connectivity index (χ1n) is 9.06. The zero-order chi connectivity index (χ0) is 21.3. The van der Waals surface area contributed by atoms with E-state index in [-0.39, 0.29) is 23.1 Å². The van der Waals surface area contributed by atoms with Crippen molar-refractivity contribution in [2.45, 2.75) is 19.8 Å². The van der Waals surface area contributed by atoms with Crippen molar-refractivity contribution in [2.75, 3.05) is 0 Å². The maximum atomic E-state index is 12.7. The van der Waals surface area contributed by atoms with Gasteiger partial charge in [0.15, 0.2) is 10.9 Å². The molecule has 30 heavy (non-hydrogen) atoms. The lowest BCUT2D eigenvalue weighted by molar-refractivity contribution is -0.134. The third kappa shape index (κ3) is 4.17. The van der Waals surface area contributed by atoms with E-state index in [0.29, 0.717) is 34.8 Å². The Labute approximate surface area is 185 Å². The van der Waals surface area contributed by atoms with Crippen LogP contribution in [0.2, 0.25) is 5.15 Å². The van der Waals surface area contributed by atoms with E-state index in [2.05, 4.69) is 21.1 Å². The Balaban J connectivity index is 1.50. The molecule has 0 spiro atoms. The fraction of sp³-hybridized carbons (Fsp3) is 0.136. The van der Waals surface area contributed by atoms with Gasteiger partial charge in [0.25, 0.3) is 0 Å². The average Bonchev–Trinajstić information content (AvgIpc) is 3.28. The second kappa shape index (κ2) is 8.45. The van der Waals surface area contributed by atoms with Crippen molar-refractivity contribution in [3.8, 4) is 11.5 Å². The predicted molar refractivity (Wildman–Crippen MR) is 114 cm³/mol. The zero-order valence-corrected chi connectivity index (χ0v) is 18.1. The largest absolute Gasteiger partial charge is 0.452 e. The van der Waals surface area contributed by atoms with Gasteiger partial charge in [-0.15, -0.1) is 0 Å². The molecule has 0 saturated carbocycles. The highest BCUT2D eigenvalue weighted by molar-refractivity contribution is 9.10. The molecule has 0 amide bonds. The van der Waals surface area contributed by atoms with Crippen molar-refractivity contribution in [3.63, 3.8) is 0 Å². The standard InChI is InChI=1S/C22H15BrClNO5/c1-12-17(28-20(26)9-6-14-11-19(24)25-30-14)8-7-15-21(27)18(29-22(12)15)10-13-4-2-3-5-16(13)23/h2-5,7-8,10-11H,6,9H2,1H3/b18-10-. The summed E-state index contributed by atoms with van der Waals surface area (Å²) in [6, 6.07) is 12.3. The highest BCUT2D eigenvalue weighted by Crippen LogP contribution is 2.39. The van der Waals surface area contributed by atoms with Crippen molar-refractivity contribution in [2.24, 2.45) is 0 Å². The fourth-order valence-corrected chi connectivity index (χ4v) is 3.57. The molecule has 0 fully saturated rings. The number of hydrogen-bond acceptors (Lipinski definition) is 6. The van der Waals surface area contributed by atoms with E-state index in [9.17, 15) is 9.59 Å². The van der Waals surface area contributed by atoms with Crippen LogP contribution in [0.15, 0.2) is 57.2 Å². The molecule has 0 saturated heterocycles. The summed E-state index contributed by atoms with van der Waals surface area (Å²) in [6.07, 6.45) is 2.09. The quantitative estimate of drug-likeness (QED) is 0.266. The first-order chi connectivity index (χ1) is 14.4. The molecule has 6 nitrogen and oxygen atoms in total. The molecule has 0 bridgehead atoms. The number of carbonyl (C=O) groups excluding carboxylic acids is 2. The van der Waals surface area contributed by atoms with Crippen LogP contribution in [-0.4, -0.2) is 16.9 Å². The molecular formula is C22H15BrClNO5. The topological polar surface area (TPSA) is 78.6 Å². The number of aryl methyl sites for hydroxylation is 1. The molecule has 1 aliphatic heterocycles. The summed E-state index contributed by atoms with van der Waals surface area (Å²) in [7, 11) is 0. The average molecular weight is 489 g/mol. The molecule has 0 unspecified atom stereocenters. The summed E-state index contributed by atoms with van der Waals surface area (Å²) in [4.78, 5) is 24.9. The van der Waals surface area contributed by atoms with Gasteiger partial charge >= 0.3 is 5.97 Å². The molecule has 2 aromatic carbocycles. The lowest BCUT2D eigenvalue weighted by atomic mass is 10.1. The highest BCUT2D eigenvalue weighted by Gasteiger charge is 2.30. The number of ketones is 1. The van der Waals surface area contributed by atoms with Crippen LogP contribution in [0.1, 0.15) is 33.7 Å². The molecule has 0 atom stereocenters. The van der Waals surface area contributed by atoms with E-state index < -0.39 is 5.97 Å². The van der Waals surface area contributed by atoms with Crippen molar-refractivity contribution in [3.05, 3.63) is 80.3 Å². The summed E-state index contributed by atoms with van der Waals surface area (Å²) in [5.41, 5.74) is 1.83. The van der Waals surface area contributed by atoms with Gasteiger partial charge in [-0.2, -0.15) is 0 Å². The van der Waals surface area contributed by atoms with E-state index in [0.717, 1.165) is 10.0 Å². The normalized spacial score (nSPS) is 14.0. The lowest BCUT2D eigenvalue weighted by Crippen LogP contribution is -2.10. The van der Waals surface area contributed by atoms with Crippen LogP contribution in [0.3, 0.4) is 0 Å². The van der Waals surface area contributed by atoms with Gasteiger partial charge in [0.05, 0.1) is 12.0 Å². The van der Waals surface area contributed by atoms with Gasteiger partial charge in [0.1, 0.15) is 17.3 Å². The van der Waals surface area contributed by atoms with Crippen molar-refractivity contribution < 1.29 is 23.6 Å². The second-order valence-corrected chi connectivity index (χ2v) is 7.86. The number of aromatic nitrogens is 1. The number of rotatable bonds is 5. The first kappa shape index (κ1) is 20.4. The van der Waals surface area contributed by atoms with Crippen LogP contribution < -0.4 is 9.47 Å². The maximum Gasteiger partial charge on any atom is 0.311 e. The molecule has 0 aliphatic carbocycles. The Morgan fingerprint density at radius 2 is 2.07 bits per heavy atom. The van der Waals surface area contributed by atoms with E-state index in [1.54, 1.807) is 31.2 Å². The number of nitrogens with zero attached hydrogens (tertiary/aromatic N) is 1. The number of ether oxygens (including phenoxy) is 2. The lowest BCUT2D eigenvalue weighted by Gasteiger charge is -2.09. The molecule has 1 aliphatic rings. The number of allylic oxidation sites excluding steroid dienone is 1. The third-order valence-electron chi connectivity index (χ3n) is 4.56. The molecule has 0 radical (unpaired) electrons. The zero-order valence-electron chi connectivity index (χ0n) is 15.8. The summed E-state index contributed by atoms with van der Waals surface area (Å²) in [5.74, 6) is 0.779. The van der Waals surface area contributed by atoms with Crippen LogP contribution in [0, 0.1) is 6.92 Å². The summed E-state index contributed by atoms with van der Waals surface area (Å²) in [5, 5.41) is 3.80. The van der Waals surface area contributed by atoms with Crippen molar-refractivity contribution in [1.82, 2.24) is 5.16 Å².